The third-order valence-corrected chi connectivity index (χ3v) is 4.11. The highest BCUT2D eigenvalue weighted by Crippen LogP contribution is 2.28. The molecular weight excluding hydrogens is 288 g/mol. The molecule has 0 aliphatic carbocycles. The molecule has 0 unspecified atom stereocenters. The molecule has 20 heavy (non-hydrogen) atoms. The van der Waals surface area contributed by atoms with Gasteiger partial charge in [0.05, 0.1) is 15.8 Å². The number of thiazole rings is 1. The minimum atomic E-state index is 0.550. The molecule has 3 rings (SSSR count). The number of halogens is 1. The molecule has 0 saturated carbocycles. The van der Waals surface area contributed by atoms with E-state index in [4.69, 9.17) is 11.6 Å². The number of hydrogen-bond acceptors (Lipinski definition) is 3. The van der Waals surface area contributed by atoms with Crippen LogP contribution in [0.2, 0.25) is 5.02 Å². The van der Waals surface area contributed by atoms with Crippen molar-refractivity contribution in [2.24, 2.45) is 0 Å². The fourth-order valence-electron chi connectivity index (χ4n) is 1.89. The largest absolute Gasteiger partial charge is 0.235 e. The van der Waals surface area contributed by atoms with Crippen LogP contribution in [0.25, 0.3) is 21.9 Å². The van der Waals surface area contributed by atoms with Crippen LogP contribution in [0, 0.1) is 11.3 Å². The highest BCUT2D eigenvalue weighted by molar-refractivity contribution is 7.19. The summed E-state index contributed by atoms with van der Waals surface area (Å²) in [6.07, 6.45) is 1.81. The fraction of sp³-hybridized carbons (Fsp3) is 0. The van der Waals surface area contributed by atoms with Crippen molar-refractivity contribution < 1.29 is 0 Å². The standard InChI is InChI=1S/C16H9ClN2S/c17-13-5-3-4-11(9-13)8-12(10-18)16-19-14-6-1-2-7-15(14)20-16/h1-9H/b12-8+. The van der Waals surface area contributed by atoms with E-state index in [-0.39, 0.29) is 0 Å². The van der Waals surface area contributed by atoms with Gasteiger partial charge in [0, 0.05) is 5.02 Å². The summed E-state index contributed by atoms with van der Waals surface area (Å²) in [5, 5.41) is 10.7. The van der Waals surface area contributed by atoms with Crippen molar-refractivity contribution in [3.05, 3.63) is 64.1 Å². The van der Waals surface area contributed by atoms with Gasteiger partial charge in [-0.2, -0.15) is 5.26 Å². The van der Waals surface area contributed by atoms with Gasteiger partial charge in [-0.1, -0.05) is 35.9 Å². The van der Waals surface area contributed by atoms with Gasteiger partial charge in [-0.25, -0.2) is 4.98 Å². The van der Waals surface area contributed by atoms with Gasteiger partial charge in [0.15, 0.2) is 0 Å². The Morgan fingerprint density at radius 2 is 2.05 bits per heavy atom. The van der Waals surface area contributed by atoms with Crippen LogP contribution in [0.4, 0.5) is 0 Å². The Kier molecular flexibility index (Phi) is 3.51. The summed E-state index contributed by atoms with van der Waals surface area (Å²) >= 11 is 7.48. The van der Waals surface area contributed by atoms with Crippen LogP contribution in [0.5, 0.6) is 0 Å². The monoisotopic (exact) mass is 296 g/mol. The van der Waals surface area contributed by atoms with E-state index >= 15 is 0 Å². The predicted molar refractivity (Wildman–Crippen MR) is 84.6 cm³/mol. The summed E-state index contributed by atoms with van der Waals surface area (Å²) in [5.41, 5.74) is 2.36. The van der Waals surface area contributed by atoms with E-state index in [0.29, 0.717) is 10.6 Å². The van der Waals surface area contributed by atoms with Crippen molar-refractivity contribution in [3.63, 3.8) is 0 Å². The Bertz CT molecular complexity index is 810. The molecule has 0 amide bonds. The quantitative estimate of drug-likeness (QED) is 0.623. The summed E-state index contributed by atoms with van der Waals surface area (Å²) in [5.74, 6) is 0. The van der Waals surface area contributed by atoms with Crippen LogP contribution in [-0.2, 0) is 0 Å². The fourth-order valence-corrected chi connectivity index (χ4v) is 3.02. The van der Waals surface area contributed by atoms with Gasteiger partial charge in [-0.05, 0) is 35.9 Å². The van der Waals surface area contributed by atoms with Gasteiger partial charge in [0.1, 0.15) is 11.1 Å². The molecule has 0 fully saturated rings. The molecule has 0 bridgehead atoms. The van der Waals surface area contributed by atoms with Crippen molar-refractivity contribution in [1.82, 2.24) is 4.98 Å². The zero-order valence-electron chi connectivity index (χ0n) is 10.4. The lowest BCUT2D eigenvalue weighted by molar-refractivity contribution is 1.43. The number of benzene rings is 2. The minimum absolute atomic E-state index is 0.550. The van der Waals surface area contributed by atoms with Crippen molar-refractivity contribution >= 4 is 44.8 Å². The topological polar surface area (TPSA) is 36.7 Å². The molecule has 1 heterocycles. The lowest BCUT2D eigenvalue weighted by atomic mass is 10.1. The number of para-hydroxylation sites is 1. The lowest BCUT2D eigenvalue weighted by Crippen LogP contribution is -1.80. The van der Waals surface area contributed by atoms with Gasteiger partial charge < -0.3 is 0 Å². The molecule has 0 saturated heterocycles. The second-order valence-corrected chi connectivity index (χ2v) is 5.68. The minimum Gasteiger partial charge on any atom is -0.235 e. The van der Waals surface area contributed by atoms with Gasteiger partial charge >= 0.3 is 0 Å². The number of nitriles is 1. The maximum absolute atomic E-state index is 9.35. The third kappa shape index (κ3) is 2.57. The maximum Gasteiger partial charge on any atom is 0.135 e. The van der Waals surface area contributed by atoms with Crippen LogP contribution in [0.3, 0.4) is 0 Å². The molecule has 0 aliphatic heterocycles. The van der Waals surface area contributed by atoms with E-state index in [1.165, 1.54) is 11.3 Å². The molecule has 2 aromatic carbocycles. The summed E-state index contributed by atoms with van der Waals surface area (Å²) < 4.78 is 1.08. The highest BCUT2D eigenvalue weighted by Gasteiger charge is 2.08. The molecule has 1 aromatic heterocycles. The number of aromatic nitrogens is 1. The smallest absolute Gasteiger partial charge is 0.135 e. The average molecular weight is 297 g/mol. The Morgan fingerprint density at radius 1 is 1.20 bits per heavy atom. The molecule has 2 nitrogen and oxygen atoms in total. The first-order valence-corrected chi connectivity index (χ1v) is 7.19. The Morgan fingerprint density at radius 3 is 2.80 bits per heavy atom. The zero-order chi connectivity index (χ0) is 13.9. The van der Waals surface area contributed by atoms with Gasteiger partial charge in [0.2, 0.25) is 0 Å². The second-order valence-electron chi connectivity index (χ2n) is 4.21. The van der Waals surface area contributed by atoms with E-state index in [0.717, 1.165) is 20.8 Å². The molecular formula is C16H9ClN2S. The third-order valence-electron chi connectivity index (χ3n) is 2.80. The number of allylic oxidation sites excluding steroid dienone is 1. The van der Waals surface area contributed by atoms with E-state index in [1.807, 2.05) is 54.6 Å². The van der Waals surface area contributed by atoms with Crippen LogP contribution in [0.1, 0.15) is 10.6 Å². The summed E-state index contributed by atoms with van der Waals surface area (Å²) in [7, 11) is 0. The van der Waals surface area contributed by atoms with Crippen LogP contribution in [-0.4, -0.2) is 4.98 Å². The first-order chi connectivity index (χ1) is 9.76. The van der Waals surface area contributed by atoms with Crippen molar-refractivity contribution in [1.29, 1.82) is 5.26 Å². The predicted octanol–water partition coefficient (Wildman–Crippen LogP) is 5.01. The molecule has 0 aliphatic rings. The molecule has 0 spiro atoms. The van der Waals surface area contributed by atoms with Gasteiger partial charge in [-0.15, -0.1) is 11.3 Å². The summed E-state index contributed by atoms with van der Waals surface area (Å²) in [4.78, 5) is 4.50. The molecule has 0 N–H and O–H groups in total. The Hall–Kier alpha value is -2.15. The SMILES string of the molecule is N#C/C(=C\c1cccc(Cl)c1)c1nc2ccccc2s1. The molecule has 0 radical (unpaired) electrons. The van der Waals surface area contributed by atoms with Crippen LogP contribution < -0.4 is 0 Å². The molecule has 96 valence electrons. The van der Waals surface area contributed by atoms with E-state index in [1.54, 1.807) is 0 Å². The molecule has 0 atom stereocenters. The van der Waals surface area contributed by atoms with Crippen LogP contribution >= 0.6 is 22.9 Å². The zero-order valence-corrected chi connectivity index (χ0v) is 11.9. The second kappa shape index (κ2) is 5.46. The van der Waals surface area contributed by atoms with Crippen molar-refractivity contribution in [2.45, 2.75) is 0 Å². The first kappa shape index (κ1) is 12.9. The van der Waals surface area contributed by atoms with Crippen LogP contribution in [0.15, 0.2) is 48.5 Å². The average Bonchev–Trinajstić information content (AvgIpc) is 2.88. The highest BCUT2D eigenvalue weighted by atomic mass is 35.5. The Balaban J connectivity index is 2.07. The number of rotatable bonds is 2. The molecule has 4 heteroatoms. The van der Waals surface area contributed by atoms with Gasteiger partial charge in [-0.3, -0.25) is 0 Å². The number of fused-ring (bicyclic) bond motifs is 1. The normalized spacial score (nSPS) is 11.5. The summed E-state index contributed by atoms with van der Waals surface area (Å²) in [6, 6.07) is 17.5. The Labute approximate surface area is 125 Å². The van der Waals surface area contributed by atoms with Gasteiger partial charge in [0.25, 0.3) is 0 Å². The summed E-state index contributed by atoms with van der Waals surface area (Å²) in [6.45, 7) is 0. The van der Waals surface area contributed by atoms with E-state index < -0.39 is 0 Å². The van der Waals surface area contributed by atoms with Crippen molar-refractivity contribution in [3.8, 4) is 6.07 Å². The van der Waals surface area contributed by atoms with E-state index in [2.05, 4.69) is 11.1 Å². The number of nitrogens with zero attached hydrogens (tertiary/aromatic N) is 2. The number of hydrogen-bond donors (Lipinski definition) is 0. The first-order valence-electron chi connectivity index (χ1n) is 5.99. The lowest BCUT2D eigenvalue weighted by Gasteiger charge is -1.96. The maximum atomic E-state index is 9.35. The molecule has 3 aromatic rings. The van der Waals surface area contributed by atoms with Crippen molar-refractivity contribution in [2.75, 3.05) is 0 Å². The van der Waals surface area contributed by atoms with E-state index in [9.17, 15) is 5.26 Å².